The van der Waals surface area contributed by atoms with Gasteiger partial charge in [-0.05, 0) is 19.3 Å². The van der Waals surface area contributed by atoms with Crippen molar-refractivity contribution >= 4 is 0 Å². The lowest BCUT2D eigenvalue weighted by Gasteiger charge is -2.16. The van der Waals surface area contributed by atoms with Crippen molar-refractivity contribution in [2.24, 2.45) is 11.7 Å². The fourth-order valence-electron chi connectivity index (χ4n) is 2.88. The molecule has 0 heterocycles. The van der Waals surface area contributed by atoms with Gasteiger partial charge in [0, 0.05) is 5.92 Å². The molecule has 11 heavy (non-hydrogen) atoms. The van der Waals surface area contributed by atoms with E-state index >= 15 is 0 Å². The summed E-state index contributed by atoms with van der Waals surface area (Å²) in [6.07, 6.45) is 4.82. The molecule has 2 aliphatic rings. The second-order valence-corrected chi connectivity index (χ2v) is 4.05. The first-order chi connectivity index (χ1) is 5.15. The van der Waals surface area contributed by atoms with Gasteiger partial charge in [-0.3, -0.25) is 0 Å². The van der Waals surface area contributed by atoms with Crippen molar-refractivity contribution in [2.75, 3.05) is 0 Å². The second kappa shape index (κ2) is 1.98. The van der Waals surface area contributed by atoms with Crippen LogP contribution < -0.4 is 5.73 Å². The quantitative estimate of drug-likeness (QED) is 0.619. The summed E-state index contributed by atoms with van der Waals surface area (Å²) in [6, 6.07) is 0. The molecule has 0 amide bonds. The van der Waals surface area contributed by atoms with Gasteiger partial charge in [0.15, 0.2) is 0 Å². The zero-order valence-corrected chi connectivity index (χ0v) is 7.07. The summed E-state index contributed by atoms with van der Waals surface area (Å²) >= 11 is 0. The topological polar surface area (TPSA) is 26.0 Å². The maximum Gasteiger partial charge on any atom is 0.133 e. The lowest BCUT2D eigenvalue weighted by Crippen LogP contribution is -2.33. The van der Waals surface area contributed by atoms with E-state index in [1.54, 1.807) is 0 Å². The standard InChI is InChI=1S/C9H16FN/c1-2-8(10)7-5-3-4-6-9(7,8)11/h7H,2-6,11H2,1H3. The van der Waals surface area contributed by atoms with Crippen LogP contribution in [0.2, 0.25) is 0 Å². The average Bonchev–Trinajstić information content (AvgIpc) is 2.52. The second-order valence-electron chi connectivity index (χ2n) is 4.05. The van der Waals surface area contributed by atoms with E-state index in [2.05, 4.69) is 0 Å². The van der Waals surface area contributed by atoms with Gasteiger partial charge in [-0.25, -0.2) is 4.39 Å². The van der Waals surface area contributed by atoms with Crippen molar-refractivity contribution in [3.8, 4) is 0 Å². The Morgan fingerprint density at radius 2 is 2.27 bits per heavy atom. The molecule has 2 aliphatic carbocycles. The van der Waals surface area contributed by atoms with E-state index in [9.17, 15) is 4.39 Å². The van der Waals surface area contributed by atoms with Crippen molar-refractivity contribution in [2.45, 2.75) is 50.2 Å². The van der Waals surface area contributed by atoms with Crippen LogP contribution in [-0.2, 0) is 0 Å². The van der Waals surface area contributed by atoms with E-state index in [-0.39, 0.29) is 5.92 Å². The van der Waals surface area contributed by atoms with Gasteiger partial charge in [0.25, 0.3) is 0 Å². The Morgan fingerprint density at radius 3 is 2.73 bits per heavy atom. The molecule has 0 aromatic rings. The van der Waals surface area contributed by atoms with E-state index < -0.39 is 11.2 Å². The van der Waals surface area contributed by atoms with Crippen LogP contribution in [-0.4, -0.2) is 11.2 Å². The highest BCUT2D eigenvalue weighted by molar-refractivity contribution is 5.29. The molecule has 3 atom stereocenters. The molecule has 0 saturated heterocycles. The fourth-order valence-corrected chi connectivity index (χ4v) is 2.88. The molecule has 2 fully saturated rings. The van der Waals surface area contributed by atoms with Gasteiger partial charge < -0.3 is 5.73 Å². The molecule has 0 spiro atoms. The van der Waals surface area contributed by atoms with Gasteiger partial charge >= 0.3 is 0 Å². The predicted octanol–water partition coefficient (Wildman–Crippen LogP) is 2.01. The van der Waals surface area contributed by atoms with Gasteiger partial charge in [0.2, 0.25) is 0 Å². The summed E-state index contributed by atoms with van der Waals surface area (Å²) < 4.78 is 13.9. The fraction of sp³-hybridized carbons (Fsp3) is 1.00. The van der Waals surface area contributed by atoms with E-state index in [1.165, 1.54) is 6.42 Å². The minimum Gasteiger partial charge on any atom is -0.322 e. The minimum absolute atomic E-state index is 0.189. The molecule has 2 N–H and O–H groups in total. The molecule has 0 aromatic carbocycles. The summed E-state index contributed by atoms with van der Waals surface area (Å²) in [5.74, 6) is 0.189. The molecule has 2 heteroatoms. The molecular formula is C9H16FN. The Hall–Kier alpha value is -0.110. The Balaban J connectivity index is 2.18. The third-order valence-electron chi connectivity index (χ3n) is 3.71. The molecule has 1 nitrogen and oxygen atoms in total. The largest absolute Gasteiger partial charge is 0.322 e. The smallest absolute Gasteiger partial charge is 0.133 e. The summed E-state index contributed by atoms with van der Waals surface area (Å²) in [7, 11) is 0. The number of hydrogen-bond acceptors (Lipinski definition) is 1. The van der Waals surface area contributed by atoms with Crippen LogP contribution in [0.5, 0.6) is 0 Å². The zero-order valence-electron chi connectivity index (χ0n) is 7.07. The van der Waals surface area contributed by atoms with E-state index in [0.29, 0.717) is 6.42 Å². The van der Waals surface area contributed by atoms with Crippen LogP contribution in [0.25, 0.3) is 0 Å². The summed E-state index contributed by atoms with van der Waals surface area (Å²) in [5, 5.41) is 0. The third kappa shape index (κ3) is 0.689. The van der Waals surface area contributed by atoms with Crippen molar-refractivity contribution < 1.29 is 4.39 Å². The Kier molecular flexibility index (Phi) is 1.35. The lowest BCUT2D eigenvalue weighted by atomic mass is 9.96. The first-order valence-corrected chi connectivity index (χ1v) is 4.63. The Labute approximate surface area is 67.2 Å². The van der Waals surface area contributed by atoms with Crippen LogP contribution in [0.3, 0.4) is 0 Å². The molecule has 0 aromatic heterocycles. The van der Waals surface area contributed by atoms with Gasteiger partial charge in [-0.15, -0.1) is 0 Å². The van der Waals surface area contributed by atoms with Crippen molar-refractivity contribution in [3.05, 3.63) is 0 Å². The zero-order chi connectivity index (χ0) is 8.11. The van der Waals surface area contributed by atoms with Gasteiger partial charge in [0.1, 0.15) is 5.67 Å². The van der Waals surface area contributed by atoms with Crippen LogP contribution in [0.4, 0.5) is 4.39 Å². The number of hydrogen-bond donors (Lipinski definition) is 1. The maximum absolute atomic E-state index is 13.9. The van der Waals surface area contributed by atoms with Crippen LogP contribution in [0.1, 0.15) is 39.0 Å². The molecule has 64 valence electrons. The average molecular weight is 157 g/mol. The highest BCUT2D eigenvalue weighted by atomic mass is 19.1. The molecule has 0 aliphatic heterocycles. The molecule has 0 radical (unpaired) electrons. The first kappa shape index (κ1) is 7.53. The monoisotopic (exact) mass is 157 g/mol. The minimum atomic E-state index is -0.997. The Morgan fingerprint density at radius 1 is 1.55 bits per heavy atom. The molecule has 3 unspecified atom stereocenters. The SMILES string of the molecule is CCC1(F)C2CCCCC21N. The van der Waals surface area contributed by atoms with Crippen LogP contribution in [0, 0.1) is 5.92 Å². The molecule has 2 saturated carbocycles. The Bertz CT molecular complexity index is 174. The first-order valence-electron chi connectivity index (χ1n) is 4.63. The van der Waals surface area contributed by atoms with Crippen molar-refractivity contribution in [1.29, 1.82) is 0 Å². The lowest BCUT2D eigenvalue weighted by molar-refractivity contribution is 0.244. The number of fused-ring (bicyclic) bond motifs is 1. The van der Waals surface area contributed by atoms with E-state index in [0.717, 1.165) is 19.3 Å². The number of halogens is 1. The predicted molar refractivity (Wildman–Crippen MR) is 43.0 cm³/mol. The van der Waals surface area contributed by atoms with Crippen molar-refractivity contribution in [1.82, 2.24) is 0 Å². The van der Waals surface area contributed by atoms with E-state index in [4.69, 9.17) is 5.73 Å². The van der Waals surface area contributed by atoms with Gasteiger partial charge in [-0.2, -0.15) is 0 Å². The molecule has 2 rings (SSSR count). The highest BCUT2D eigenvalue weighted by Gasteiger charge is 2.74. The van der Waals surface area contributed by atoms with E-state index in [1.807, 2.05) is 6.92 Å². The normalized spacial score (nSPS) is 55.4. The summed E-state index contributed by atoms with van der Waals surface area (Å²) in [4.78, 5) is 0. The van der Waals surface area contributed by atoms with Crippen LogP contribution in [0.15, 0.2) is 0 Å². The number of nitrogens with two attached hydrogens (primary N) is 1. The van der Waals surface area contributed by atoms with Gasteiger partial charge in [0.05, 0.1) is 5.54 Å². The number of rotatable bonds is 1. The maximum atomic E-state index is 13.9. The van der Waals surface area contributed by atoms with Gasteiger partial charge in [-0.1, -0.05) is 19.8 Å². The van der Waals surface area contributed by atoms with Crippen LogP contribution >= 0.6 is 0 Å². The number of alkyl halides is 1. The molecular weight excluding hydrogens is 141 g/mol. The highest BCUT2D eigenvalue weighted by Crippen LogP contribution is 2.64. The summed E-state index contributed by atoms with van der Waals surface area (Å²) in [6.45, 7) is 1.91. The van der Waals surface area contributed by atoms with Crippen molar-refractivity contribution in [3.63, 3.8) is 0 Å². The summed E-state index contributed by atoms with van der Waals surface area (Å²) in [5.41, 5.74) is 4.55. The third-order valence-corrected chi connectivity index (χ3v) is 3.71. The molecule has 0 bridgehead atoms.